The van der Waals surface area contributed by atoms with Gasteiger partial charge >= 0.3 is 5.97 Å². The number of aliphatic hydroxyl groups is 2. The molecule has 5 nitrogen and oxygen atoms in total. The summed E-state index contributed by atoms with van der Waals surface area (Å²) in [5.41, 5.74) is 5.55. The highest BCUT2D eigenvalue weighted by Crippen LogP contribution is 2.13. The number of nitrogens with two attached hydrogens (primary N) is 1. The van der Waals surface area contributed by atoms with Gasteiger partial charge in [0.1, 0.15) is 0 Å². The van der Waals surface area contributed by atoms with Crippen molar-refractivity contribution in [3.05, 3.63) is 0 Å². The number of aliphatic hydroxyl groups excluding tert-OH is 2. The lowest BCUT2D eigenvalue weighted by Crippen LogP contribution is -2.37. The van der Waals surface area contributed by atoms with Gasteiger partial charge in [-0.05, 0) is 12.8 Å². The number of carbonyl (C=O) groups is 1. The number of hydrogen-bond acceptors (Lipinski definition) is 4. The minimum Gasteiger partial charge on any atom is -0.481 e. The second-order valence-electron chi connectivity index (χ2n) is 6.59. The minimum atomic E-state index is -0.684. The van der Waals surface area contributed by atoms with Gasteiger partial charge in [0.15, 0.2) is 0 Å². The van der Waals surface area contributed by atoms with Crippen molar-refractivity contribution in [3.63, 3.8) is 0 Å². The fraction of sp³-hybridized carbons (Fsp3) is 0.944. The fourth-order valence-electron chi connectivity index (χ4n) is 2.73. The molecule has 0 saturated heterocycles. The molecule has 0 fully saturated rings. The topological polar surface area (TPSA) is 104 Å². The van der Waals surface area contributed by atoms with Gasteiger partial charge in [0.2, 0.25) is 0 Å². The first-order valence-electron chi connectivity index (χ1n) is 9.34. The summed E-state index contributed by atoms with van der Waals surface area (Å²) in [7, 11) is 0. The van der Waals surface area contributed by atoms with Crippen LogP contribution in [0.5, 0.6) is 0 Å². The number of hydrogen-bond donors (Lipinski definition) is 4. The third-order valence-corrected chi connectivity index (χ3v) is 4.35. The highest BCUT2D eigenvalue weighted by atomic mass is 16.4. The number of unbranched alkanes of at least 4 members (excludes halogenated alkanes) is 11. The van der Waals surface area contributed by atoms with Gasteiger partial charge in [0, 0.05) is 6.42 Å². The van der Waals surface area contributed by atoms with Gasteiger partial charge in [0.25, 0.3) is 0 Å². The highest BCUT2D eigenvalue weighted by Gasteiger charge is 2.12. The summed E-state index contributed by atoms with van der Waals surface area (Å²) in [6.07, 6.45) is 14.3. The Hall–Kier alpha value is -0.650. The van der Waals surface area contributed by atoms with Gasteiger partial charge in [-0.25, -0.2) is 0 Å². The van der Waals surface area contributed by atoms with Crippen LogP contribution in [-0.4, -0.2) is 40.0 Å². The Labute approximate surface area is 141 Å². The molecule has 0 aliphatic carbocycles. The van der Waals surface area contributed by atoms with Gasteiger partial charge in [0.05, 0.1) is 18.8 Å². The van der Waals surface area contributed by atoms with Gasteiger partial charge in [-0.2, -0.15) is 0 Å². The van der Waals surface area contributed by atoms with E-state index in [2.05, 4.69) is 0 Å². The number of carboxylic acid groups (broad SMARTS) is 1. The summed E-state index contributed by atoms with van der Waals surface area (Å²) >= 11 is 0. The van der Waals surface area contributed by atoms with Crippen LogP contribution in [0.4, 0.5) is 0 Å². The van der Waals surface area contributed by atoms with E-state index >= 15 is 0 Å². The molecule has 23 heavy (non-hydrogen) atoms. The van der Waals surface area contributed by atoms with Gasteiger partial charge < -0.3 is 21.1 Å². The predicted octanol–water partition coefficient (Wildman–Crippen LogP) is 3.21. The van der Waals surface area contributed by atoms with Gasteiger partial charge in [-0.3, -0.25) is 4.79 Å². The first-order valence-corrected chi connectivity index (χ1v) is 9.34. The molecular formula is C18H37NO4. The molecule has 138 valence electrons. The molecule has 0 radical (unpaired) electrons. The van der Waals surface area contributed by atoms with Crippen LogP contribution in [0.15, 0.2) is 0 Å². The first kappa shape index (κ1) is 22.4. The van der Waals surface area contributed by atoms with E-state index in [1.54, 1.807) is 0 Å². The zero-order valence-corrected chi connectivity index (χ0v) is 14.6. The molecular weight excluding hydrogens is 294 g/mol. The van der Waals surface area contributed by atoms with Crippen LogP contribution in [0.3, 0.4) is 0 Å². The molecule has 0 heterocycles. The van der Waals surface area contributed by atoms with Crippen molar-refractivity contribution in [2.75, 3.05) is 6.61 Å². The zero-order chi connectivity index (χ0) is 17.3. The molecule has 0 spiro atoms. The van der Waals surface area contributed by atoms with Crippen LogP contribution >= 0.6 is 0 Å². The quantitative estimate of drug-likeness (QED) is 0.306. The van der Waals surface area contributed by atoms with Crippen molar-refractivity contribution < 1.29 is 20.1 Å². The third-order valence-electron chi connectivity index (χ3n) is 4.35. The Morgan fingerprint density at radius 3 is 1.57 bits per heavy atom. The molecule has 5 N–H and O–H groups in total. The SMILES string of the molecule is N[C@@H](CO)[C@@H](O)CCCCCCCCCCCCCCC(=O)O. The van der Waals surface area contributed by atoms with Crippen LogP contribution in [0.1, 0.15) is 89.9 Å². The second-order valence-corrected chi connectivity index (χ2v) is 6.59. The Morgan fingerprint density at radius 2 is 1.17 bits per heavy atom. The molecule has 5 heteroatoms. The molecule has 0 aliphatic rings. The lowest BCUT2D eigenvalue weighted by atomic mass is 10.0. The van der Waals surface area contributed by atoms with E-state index < -0.39 is 18.1 Å². The smallest absolute Gasteiger partial charge is 0.303 e. The summed E-state index contributed by atoms with van der Waals surface area (Å²) in [6, 6.07) is -0.501. The monoisotopic (exact) mass is 331 g/mol. The van der Waals surface area contributed by atoms with Crippen molar-refractivity contribution in [2.24, 2.45) is 5.73 Å². The van der Waals surface area contributed by atoms with Crippen LogP contribution in [0, 0.1) is 0 Å². The zero-order valence-electron chi connectivity index (χ0n) is 14.6. The van der Waals surface area contributed by atoms with E-state index in [9.17, 15) is 9.90 Å². The van der Waals surface area contributed by atoms with E-state index in [0.29, 0.717) is 12.8 Å². The molecule has 0 saturated carbocycles. The normalized spacial score (nSPS) is 13.9. The summed E-state index contributed by atoms with van der Waals surface area (Å²) < 4.78 is 0. The minimum absolute atomic E-state index is 0.152. The van der Waals surface area contributed by atoms with Crippen LogP contribution in [-0.2, 0) is 4.79 Å². The maximum absolute atomic E-state index is 10.3. The van der Waals surface area contributed by atoms with Crippen molar-refractivity contribution in [2.45, 2.75) is 102 Å². The number of aliphatic carboxylic acids is 1. The number of carboxylic acids is 1. The summed E-state index contributed by atoms with van der Waals surface area (Å²) in [4.78, 5) is 10.3. The molecule has 0 aromatic carbocycles. The van der Waals surface area contributed by atoms with Crippen molar-refractivity contribution in [3.8, 4) is 0 Å². The maximum atomic E-state index is 10.3. The summed E-state index contributed by atoms with van der Waals surface area (Å²) in [5, 5.41) is 27.0. The fourth-order valence-corrected chi connectivity index (χ4v) is 2.73. The number of rotatable bonds is 17. The first-order chi connectivity index (χ1) is 11.1. The average molecular weight is 331 g/mol. The van der Waals surface area contributed by atoms with Crippen molar-refractivity contribution in [1.29, 1.82) is 0 Å². The van der Waals surface area contributed by atoms with Crippen molar-refractivity contribution in [1.82, 2.24) is 0 Å². The molecule has 0 bridgehead atoms. The predicted molar refractivity (Wildman–Crippen MR) is 93.3 cm³/mol. The van der Waals surface area contributed by atoms with Crippen LogP contribution in [0.2, 0.25) is 0 Å². The van der Waals surface area contributed by atoms with E-state index in [0.717, 1.165) is 32.1 Å². The maximum Gasteiger partial charge on any atom is 0.303 e. The van der Waals surface area contributed by atoms with E-state index in [4.69, 9.17) is 15.9 Å². The van der Waals surface area contributed by atoms with E-state index in [1.807, 2.05) is 0 Å². The average Bonchev–Trinajstić information content (AvgIpc) is 2.53. The van der Waals surface area contributed by atoms with Gasteiger partial charge in [-0.15, -0.1) is 0 Å². The molecule has 0 aliphatic heterocycles. The standard InChI is InChI=1S/C18H37NO4/c19-16(15-20)17(21)13-11-9-7-5-3-1-2-4-6-8-10-12-14-18(22)23/h16-17,20-21H,1-15,19H2,(H,22,23)/t16-,17-/m0/s1. The van der Waals surface area contributed by atoms with Crippen LogP contribution < -0.4 is 5.73 Å². The Bertz CT molecular complexity index is 274. The molecule has 0 amide bonds. The van der Waals surface area contributed by atoms with Gasteiger partial charge in [-0.1, -0.05) is 70.6 Å². The third kappa shape index (κ3) is 16.0. The Kier molecular flexibility index (Phi) is 15.8. The molecule has 2 atom stereocenters. The summed E-state index contributed by atoms with van der Waals surface area (Å²) in [5.74, 6) is -0.684. The molecule has 0 rings (SSSR count). The molecule has 0 unspecified atom stereocenters. The molecule has 0 aromatic heterocycles. The van der Waals surface area contributed by atoms with Crippen molar-refractivity contribution >= 4 is 5.97 Å². The largest absolute Gasteiger partial charge is 0.481 e. The second kappa shape index (κ2) is 16.2. The molecule has 0 aromatic rings. The lowest BCUT2D eigenvalue weighted by Gasteiger charge is -2.15. The Balaban J connectivity index is 3.12. The Morgan fingerprint density at radius 1 is 0.783 bits per heavy atom. The van der Waals surface area contributed by atoms with E-state index in [-0.39, 0.29) is 6.61 Å². The summed E-state index contributed by atoms with van der Waals surface area (Å²) in [6.45, 7) is -0.152. The van der Waals surface area contributed by atoms with E-state index in [1.165, 1.54) is 44.9 Å². The highest BCUT2D eigenvalue weighted by molar-refractivity contribution is 5.66. The lowest BCUT2D eigenvalue weighted by molar-refractivity contribution is -0.137. The van der Waals surface area contributed by atoms with Crippen LogP contribution in [0.25, 0.3) is 0 Å².